The van der Waals surface area contributed by atoms with Crippen LogP contribution in [0.3, 0.4) is 0 Å². The molecule has 1 aromatic carbocycles. The Morgan fingerprint density at radius 1 is 1.19 bits per heavy atom. The van der Waals surface area contributed by atoms with Crippen molar-refractivity contribution < 1.29 is 14.3 Å². The predicted octanol–water partition coefficient (Wildman–Crippen LogP) is 2.99. The summed E-state index contributed by atoms with van der Waals surface area (Å²) in [6.45, 7) is 12.3. The monoisotopic (exact) mass is 293 g/mol. The van der Waals surface area contributed by atoms with Crippen molar-refractivity contribution in [2.45, 2.75) is 41.2 Å². The molecule has 4 heteroatoms. The van der Waals surface area contributed by atoms with E-state index in [4.69, 9.17) is 4.74 Å². The summed E-state index contributed by atoms with van der Waals surface area (Å²) in [5.41, 5.74) is 3.56. The summed E-state index contributed by atoms with van der Waals surface area (Å²) < 4.78 is 10.1. The third-order valence-corrected chi connectivity index (χ3v) is 3.07. The molecule has 0 spiro atoms. The van der Waals surface area contributed by atoms with E-state index in [0.29, 0.717) is 0 Å². The van der Waals surface area contributed by atoms with Crippen molar-refractivity contribution >= 4 is 5.97 Å². The average Bonchev–Trinajstić information content (AvgIpc) is 2.35. The van der Waals surface area contributed by atoms with Crippen LogP contribution in [0, 0.1) is 19.3 Å². The molecule has 0 heterocycles. The molecule has 0 saturated carbocycles. The third-order valence-electron chi connectivity index (χ3n) is 3.07. The highest BCUT2D eigenvalue weighted by Gasteiger charge is 2.11. The number of carbonyl (C=O) groups excluding carboxylic acids is 1. The van der Waals surface area contributed by atoms with Gasteiger partial charge in [0.25, 0.3) is 0 Å². The zero-order valence-corrected chi connectivity index (χ0v) is 14.0. The molecule has 21 heavy (non-hydrogen) atoms. The van der Waals surface area contributed by atoms with Crippen molar-refractivity contribution in [3.05, 3.63) is 28.8 Å². The van der Waals surface area contributed by atoms with Crippen LogP contribution in [-0.4, -0.2) is 26.2 Å². The minimum atomic E-state index is -0.371. The zero-order valence-electron chi connectivity index (χ0n) is 14.0. The highest BCUT2D eigenvalue weighted by atomic mass is 16.6. The van der Waals surface area contributed by atoms with Gasteiger partial charge in [0.1, 0.15) is 5.75 Å². The highest BCUT2D eigenvalue weighted by molar-refractivity contribution is 5.71. The molecule has 0 bridgehead atoms. The molecular formula is C17H27NO3. The lowest BCUT2D eigenvalue weighted by atomic mass is 9.97. The van der Waals surface area contributed by atoms with Gasteiger partial charge in [0.2, 0.25) is 0 Å². The largest absolute Gasteiger partial charge is 0.481 e. The zero-order chi connectivity index (χ0) is 16.0. The Kier molecular flexibility index (Phi) is 6.21. The first-order valence-electron chi connectivity index (χ1n) is 7.23. The molecule has 0 radical (unpaired) electrons. The minimum Gasteiger partial charge on any atom is -0.481 e. The number of aryl methyl sites for hydroxylation is 2. The van der Waals surface area contributed by atoms with Gasteiger partial charge in [-0.05, 0) is 36.0 Å². The molecule has 0 aliphatic carbocycles. The van der Waals surface area contributed by atoms with Crippen molar-refractivity contribution in [1.82, 2.24) is 5.32 Å². The van der Waals surface area contributed by atoms with E-state index >= 15 is 0 Å². The maximum Gasteiger partial charge on any atom is 0.343 e. The average molecular weight is 293 g/mol. The van der Waals surface area contributed by atoms with Crippen molar-refractivity contribution in [1.29, 1.82) is 0 Å². The summed E-state index contributed by atoms with van der Waals surface area (Å²) in [5, 5.41) is 3.46. The molecule has 4 nitrogen and oxygen atoms in total. The molecule has 0 aliphatic heterocycles. The van der Waals surface area contributed by atoms with E-state index in [1.165, 1.54) is 12.7 Å². The summed E-state index contributed by atoms with van der Waals surface area (Å²) >= 11 is 0. The van der Waals surface area contributed by atoms with Crippen LogP contribution in [0.25, 0.3) is 0 Å². The number of ether oxygens (including phenoxy) is 2. The summed E-state index contributed by atoms with van der Waals surface area (Å²) in [5.74, 6) is 0.393. The van der Waals surface area contributed by atoms with Crippen LogP contribution in [-0.2, 0) is 16.1 Å². The first-order chi connectivity index (χ1) is 9.73. The molecule has 0 fully saturated rings. The van der Waals surface area contributed by atoms with E-state index in [0.717, 1.165) is 30.0 Å². The fourth-order valence-electron chi connectivity index (χ4n) is 2.14. The number of carbonyl (C=O) groups is 1. The molecule has 0 amide bonds. The maximum absolute atomic E-state index is 11.2. The Morgan fingerprint density at radius 2 is 1.76 bits per heavy atom. The van der Waals surface area contributed by atoms with E-state index in [1.54, 1.807) is 0 Å². The van der Waals surface area contributed by atoms with Gasteiger partial charge in [-0.2, -0.15) is 0 Å². The molecule has 1 N–H and O–H groups in total. The lowest BCUT2D eigenvalue weighted by Gasteiger charge is -2.19. The lowest BCUT2D eigenvalue weighted by Crippen LogP contribution is -2.26. The summed E-state index contributed by atoms with van der Waals surface area (Å²) in [6, 6.07) is 4.19. The number of hydrogen-bond donors (Lipinski definition) is 1. The van der Waals surface area contributed by atoms with E-state index in [1.807, 2.05) is 13.8 Å². The molecule has 0 saturated heterocycles. The Balaban J connectivity index is 2.68. The number of hydrogen-bond acceptors (Lipinski definition) is 4. The van der Waals surface area contributed by atoms with Crippen molar-refractivity contribution in [3.8, 4) is 5.75 Å². The van der Waals surface area contributed by atoms with Gasteiger partial charge in [0, 0.05) is 13.1 Å². The first kappa shape index (κ1) is 17.5. The lowest BCUT2D eigenvalue weighted by molar-refractivity contribution is -0.142. The van der Waals surface area contributed by atoms with E-state index < -0.39 is 0 Å². The van der Waals surface area contributed by atoms with Crippen molar-refractivity contribution in [3.63, 3.8) is 0 Å². The van der Waals surface area contributed by atoms with Crippen LogP contribution in [0.4, 0.5) is 0 Å². The Labute approximate surface area is 127 Å². The molecular weight excluding hydrogens is 266 g/mol. The standard InChI is InChI=1S/C17H27NO3/c1-12-7-14(9-18-11-17(3,4)5)8-13(2)16(12)21-10-15(19)20-6/h7-8,18H,9-11H2,1-6H3. The van der Waals surface area contributed by atoms with Crippen LogP contribution >= 0.6 is 0 Å². The third kappa shape index (κ3) is 6.17. The Bertz CT molecular complexity index is 466. The number of methoxy groups -OCH3 is 1. The second kappa shape index (κ2) is 7.46. The van der Waals surface area contributed by atoms with Crippen molar-refractivity contribution in [2.75, 3.05) is 20.3 Å². The molecule has 1 rings (SSSR count). The van der Waals surface area contributed by atoms with E-state index in [9.17, 15) is 4.79 Å². The van der Waals surface area contributed by atoms with Gasteiger partial charge >= 0.3 is 5.97 Å². The van der Waals surface area contributed by atoms with Crippen LogP contribution in [0.1, 0.15) is 37.5 Å². The molecule has 0 aliphatic rings. The quantitative estimate of drug-likeness (QED) is 0.819. The summed E-state index contributed by atoms with van der Waals surface area (Å²) in [7, 11) is 1.36. The van der Waals surface area contributed by atoms with Crippen LogP contribution in [0.5, 0.6) is 5.75 Å². The fourth-order valence-corrected chi connectivity index (χ4v) is 2.14. The number of benzene rings is 1. The highest BCUT2D eigenvalue weighted by Crippen LogP contribution is 2.25. The topological polar surface area (TPSA) is 47.6 Å². The summed E-state index contributed by atoms with van der Waals surface area (Å²) in [4.78, 5) is 11.2. The summed E-state index contributed by atoms with van der Waals surface area (Å²) in [6.07, 6.45) is 0. The second-order valence-electron chi connectivity index (χ2n) is 6.59. The first-order valence-corrected chi connectivity index (χ1v) is 7.23. The molecule has 0 aromatic heterocycles. The Morgan fingerprint density at radius 3 is 2.24 bits per heavy atom. The van der Waals surface area contributed by atoms with Gasteiger partial charge in [-0.1, -0.05) is 32.9 Å². The van der Waals surface area contributed by atoms with Gasteiger partial charge in [0.05, 0.1) is 7.11 Å². The van der Waals surface area contributed by atoms with Crippen LogP contribution < -0.4 is 10.1 Å². The number of esters is 1. The van der Waals surface area contributed by atoms with Gasteiger partial charge in [0.15, 0.2) is 6.61 Å². The molecule has 0 atom stereocenters. The Hall–Kier alpha value is -1.55. The predicted molar refractivity (Wildman–Crippen MR) is 84.6 cm³/mol. The SMILES string of the molecule is COC(=O)COc1c(C)cc(CNCC(C)(C)C)cc1C. The van der Waals surface area contributed by atoms with Crippen molar-refractivity contribution in [2.24, 2.45) is 5.41 Å². The van der Waals surface area contributed by atoms with Gasteiger partial charge in [-0.15, -0.1) is 0 Å². The van der Waals surface area contributed by atoms with Gasteiger partial charge < -0.3 is 14.8 Å². The number of nitrogens with one attached hydrogen (secondary N) is 1. The van der Waals surface area contributed by atoms with Crippen LogP contribution in [0.2, 0.25) is 0 Å². The van der Waals surface area contributed by atoms with E-state index in [2.05, 4.69) is 43.0 Å². The maximum atomic E-state index is 11.2. The minimum absolute atomic E-state index is 0.0558. The van der Waals surface area contributed by atoms with E-state index in [-0.39, 0.29) is 18.0 Å². The smallest absolute Gasteiger partial charge is 0.343 e. The molecule has 0 unspecified atom stereocenters. The second-order valence-corrected chi connectivity index (χ2v) is 6.59. The number of rotatable bonds is 6. The van der Waals surface area contributed by atoms with Gasteiger partial charge in [-0.25, -0.2) is 4.79 Å². The molecule has 118 valence electrons. The molecule has 1 aromatic rings. The van der Waals surface area contributed by atoms with Gasteiger partial charge in [-0.3, -0.25) is 0 Å². The normalized spacial score (nSPS) is 11.3. The van der Waals surface area contributed by atoms with Crippen LogP contribution in [0.15, 0.2) is 12.1 Å². The fraction of sp³-hybridized carbons (Fsp3) is 0.588.